The van der Waals surface area contributed by atoms with Gasteiger partial charge >= 0.3 is 0 Å². The SMILES string of the molecule is CCN(CC)S(=O)(=O)c1cccc(-c2nn(CN3CCCC3)c(=S)o2)c1. The van der Waals surface area contributed by atoms with Gasteiger partial charge in [0, 0.05) is 18.7 Å². The highest BCUT2D eigenvalue weighted by atomic mass is 32.2. The van der Waals surface area contributed by atoms with Gasteiger partial charge in [-0.25, -0.2) is 13.1 Å². The zero-order chi connectivity index (χ0) is 18.7. The Morgan fingerprint density at radius 1 is 1.23 bits per heavy atom. The molecule has 1 aliphatic rings. The van der Waals surface area contributed by atoms with E-state index >= 15 is 0 Å². The van der Waals surface area contributed by atoms with Crippen LogP contribution < -0.4 is 0 Å². The molecule has 26 heavy (non-hydrogen) atoms. The molecule has 0 atom stereocenters. The molecule has 1 aromatic heterocycles. The van der Waals surface area contributed by atoms with E-state index in [9.17, 15) is 8.42 Å². The van der Waals surface area contributed by atoms with Crippen LogP contribution in [0.2, 0.25) is 0 Å². The lowest BCUT2D eigenvalue weighted by atomic mass is 10.2. The largest absolute Gasteiger partial charge is 0.409 e. The highest BCUT2D eigenvalue weighted by molar-refractivity contribution is 7.89. The summed E-state index contributed by atoms with van der Waals surface area (Å²) in [5, 5.41) is 4.45. The van der Waals surface area contributed by atoms with E-state index < -0.39 is 10.0 Å². The predicted molar refractivity (Wildman–Crippen MR) is 102 cm³/mol. The molecule has 0 saturated carbocycles. The van der Waals surface area contributed by atoms with Crippen molar-refractivity contribution in [3.05, 3.63) is 29.1 Å². The van der Waals surface area contributed by atoms with E-state index in [0.29, 0.717) is 36.0 Å². The van der Waals surface area contributed by atoms with Gasteiger partial charge in [-0.15, -0.1) is 5.10 Å². The molecule has 0 bridgehead atoms. The number of aromatic nitrogens is 2. The molecule has 3 rings (SSSR count). The van der Waals surface area contributed by atoms with Crippen LogP contribution in [0.3, 0.4) is 0 Å². The monoisotopic (exact) mass is 396 g/mol. The summed E-state index contributed by atoms with van der Waals surface area (Å²) in [6, 6.07) is 6.66. The second kappa shape index (κ2) is 7.99. The van der Waals surface area contributed by atoms with Crippen LogP contribution in [-0.4, -0.2) is 53.6 Å². The second-order valence-electron chi connectivity index (χ2n) is 6.26. The van der Waals surface area contributed by atoms with Crippen LogP contribution in [0.25, 0.3) is 11.5 Å². The fourth-order valence-corrected chi connectivity index (χ4v) is 4.81. The molecule has 9 heteroatoms. The molecule has 0 radical (unpaired) electrons. The lowest BCUT2D eigenvalue weighted by Crippen LogP contribution is -2.30. The summed E-state index contributed by atoms with van der Waals surface area (Å²) >= 11 is 5.27. The maximum atomic E-state index is 12.7. The van der Waals surface area contributed by atoms with Crippen molar-refractivity contribution in [2.45, 2.75) is 38.3 Å². The molecule has 1 fully saturated rings. The summed E-state index contributed by atoms with van der Waals surface area (Å²) < 4.78 is 34.1. The van der Waals surface area contributed by atoms with Gasteiger partial charge in [0.1, 0.15) is 0 Å². The van der Waals surface area contributed by atoms with Gasteiger partial charge in [0.25, 0.3) is 4.84 Å². The zero-order valence-corrected chi connectivity index (χ0v) is 16.7. The first-order valence-electron chi connectivity index (χ1n) is 8.86. The number of benzene rings is 1. The molecular formula is C17H24N4O3S2. The third-order valence-electron chi connectivity index (χ3n) is 4.56. The quantitative estimate of drug-likeness (QED) is 0.670. The van der Waals surface area contributed by atoms with E-state index in [1.165, 1.54) is 17.1 Å². The van der Waals surface area contributed by atoms with Crippen LogP contribution in [-0.2, 0) is 16.7 Å². The Kier molecular flexibility index (Phi) is 5.91. The average molecular weight is 397 g/mol. The van der Waals surface area contributed by atoms with Gasteiger partial charge in [-0.05, 0) is 56.3 Å². The molecule has 1 aromatic carbocycles. The number of hydrogen-bond acceptors (Lipinski definition) is 6. The molecule has 2 aromatic rings. The molecular weight excluding hydrogens is 372 g/mol. The maximum Gasteiger partial charge on any atom is 0.288 e. The summed E-state index contributed by atoms with van der Waals surface area (Å²) in [5.74, 6) is 0.339. The van der Waals surface area contributed by atoms with Crippen molar-refractivity contribution in [3.8, 4) is 11.5 Å². The molecule has 0 aliphatic carbocycles. The summed E-state index contributed by atoms with van der Waals surface area (Å²) in [7, 11) is -3.53. The topological polar surface area (TPSA) is 71.6 Å². The van der Waals surface area contributed by atoms with Crippen LogP contribution in [0.1, 0.15) is 26.7 Å². The smallest absolute Gasteiger partial charge is 0.288 e. The van der Waals surface area contributed by atoms with E-state index in [1.54, 1.807) is 28.9 Å². The van der Waals surface area contributed by atoms with Gasteiger partial charge in [-0.3, -0.25) is 4.90 Å². The van der Waals surface area contributed by atoms with Crippen LogP contribution in [0, 0.1) is 4.84 Å². The Hall–Kier alpha value is -1.55. The number of sulfonamides is 1. The number of likely N-dealkylation sites (tertiary alicyclic amines) is 1. The molecule has 2 heterocycles. The van der Waals surface area contributed by atoms with E-state index in [0.717, 1.165) is 13.1 Å². The van der Waals surface area contributed by atoms with Crippen LogP contribution >= 0.6 is 12.2 Å². The molecule has 1 saturated heterocycles. The fraction of sp³-hybridized carbons (Fsp3) is 0.529. The van der Waals surface area contributed by atoms with Crippen molar-refractivity contribution >= 4 is 22.2 Å². The van der Waals surface area contributed by atoms with E-state index in [1.807, 2.05) is 13.8 Å². The minimum Gasteiger partial charge on any atom is -0.409 e. The number of hydrogen-bond donors (Lipinski definition) is 0. The standard InChI is InChI=1S/C17H24N4O3S2/c1-3-20(4-2)26(22,23)15-9-7-8-14(12-15)16-18-21(17(25)24-16)13-19-10-5-6-11-19/h7-9,12H,3-6,10-11,13H2,1-2H3. The second-order valence-corrected chi connectivity index (χ2v) is 8.54. The van der Waals surface area contributed by atoms with Gasteiger partial charge in [0.05, 0.1) is 11.6 Å². The normalized spacial score (nSPS) is 15.8. The van der Waals surface area contributed by atoms with Crippen molar-refractivity contribution < 1.29 is 12.8 Å². The molecule has 0 unspecified atom stereocenters. The average Bonchev–Trinajstić information content (AvgIpc) is 3.27. The van der Waals surface area contributed by atoms with Crippen molar-refractivity contribution in [3.63, 3.8) is 0 Å². The third-order valence-corrected chi connectivity index (χ3v) is 6.90. The molecule has 7 nitrogen and oxygen atoms in total. The minimum absolute atomic E-state index is 0.230. The predicted octanol–water partition coefficient (Wildman–Crippen LogP) is 2.96. The van der Waals surface area contributed by atoms with Crippen molar-refractivity contribution in [2.24, 2.45) is 0 Å². The highest BCUT2D eigenvalue weighted by Crippen LogP contribution is 2.24. The summed E-state index contributed by atoms with van der Waals surface area (Å²) in [5.41, 5.74) is 0.601. The molecule has 142 valence electrons. The molecule has 0 spiro atoms. The van der Waals surface area contributed by atoms with E-state index in [2.05, 4.69) is 10.00 Å². The third kappa shape index (κ3) is 3.90. The van der Waals surface area contributed by atoms with Crippen LogP contribution in [0.5, 0.6) is 0 Å². The van der Waals surface area contributed by atoms with Crippen molar-refractivity contribution in [1.82, 2.24) is 19.0 Å². The lowest BCUT2D eigenvalue weighted by Gasteiger charge is -2.18. The number of rotatable bonds is 7. The summed E-state index contributed by atoms with van der Waals surface area (Å²) in [4.78, 5) is 2.79. The Morgan fingerprint density at radius 2 is 1.92 bits per heavy atom. The first-order valence-corrected chi connectivity index (χ1v) is 10.7. The Balaban J connectivity index is 1.90. The highest BCUT2D eigenvalue weighted by Gasteiger charge is 2.23. The first-order chi connectivity index (χ1) is 12.5. The minimum atomic E-state index is -3.53. The Morgan fingerprint density at radius 3 is 2.58 bits per heavy atom. The van der Waals surface area contributed by atoms with Crippen molar-refractivity contribution in [1.29, 1.82) is 0 Å². The van der Waals surface area contributed by atoms with Gasteiger partial charge in [0.15, 0.2) is 0 Å². The zero-order valence-electron chi connectivity index (χ0n) is 15.1. The first kappa shape index (κ1) is 19.2. The van der Waals surface area contributed by atoms with Gasteiger partial charge in [-0.2, -0.15) is 4.31 Å². The Bertz CT molecular complexity index is 910. The fourth-order valence-electron chi connectivity index (χ4n) is 3.13. The van der Waals surface area contributed by atoms with Gasteiger partial charge in [-0.1, -0.05) is 19.9 Å². The summed E-state index contributed by atoms with van der Waals surface area (Å²) in [6.45, 7) is 7.15. The molecule has 0 N–H and O–H groups in total. The Labute approximate surface area is 159 Å². The van der Waals surface area contributed by atoms with Crippen LogP contribution in [0.4, 0.5) is 0 Å². The molecule has 1 aliphatic heterocycles. The summed E-state index contributed by atoms with van der Waals surface area (Å²) in [6.07, 6.45) is 2.37. The van der Waals surface area contributed by atoms with E-state index in [-0.39, 0.29) is 4.90 Å². The van der Waals surface area contributed by atoms with E-state index in [4.69, 9.17) is 16.6 Å². The van der Waals surface area contributed by atoms with Crippen LogP contribution in [0.15, 0.2) is 33.6 Å². The maximum absolute atomic E-state index is 12.7. The molecule has 0 amide bonds. The van der Waals surface area contributed by atoms with Gasteiger partial charge in [0.2, 0.25) is 15.9 Å². The lowest BCUT2D eigenvalue weighted by molar-refractivity contribution is 0.249. The number of nitrogens with zero attached hydrogens (tertiary/aromatic N) is 4. The van der Waals surface area contributed by atoms with Crippen molar-refractivity contribution in [2.75, 3.05) is 26.2 Å². The van der Waals surface area contributed by atoms with Gasteiger partial charge < -0.3 is 4.42 Å².